The van der Waals surface area contributed by atoms with E-state index in [0.29, 0.717) is 5.69 Å². The van der Waals surface area contributed by atoms with Gasteiger partial charge in [-0.1, -0.05) is 24.3 Å². The Kier molecular flexibility index (Phi) is 3.46. The molecular formula is C16H15FN2O. The topological polar surface area (TPSA) is 42.0 Å². The first-order chi connectivity index (χ1) is 9.74. The van der Waals surface area contributed by atoms with Crippen molar-refractivity contribution in [3.63, 3.8) is 0 Å². The van der Waals surface area contributed by atoms with E-state index in [0.717, 1.165) is 24.8 Å². The van der Waals surface area contributed by atoms with Gasteiger partial charge in [-0.2, -0.15) is 4.39 Å². The van der Waals surface area contributed by atoms with Crippen molar-refractivity contribution < 1.29 is 9.18 Å². The van der Waals surface area contributed by atoms with Gasteiger partial charge in [-0.05, 0) is 42.5 Å². The van der Waals surface area contributed by atoms with Crippen molar-refractivity contribution in [2.75, 3.05) is 5.32 Å². The molecule has 0 bridgehead atoms. The van der Waals surface area contributed by atoms with Gasteiger partial charge in [0.1, 0.15) is 0 Å². The number of rotatable bonds is 2. The van der Waals surface area contributed by atoms with Gasteiger partial charge in [0.15, 0.2) is 0 Å². The van der Waals surface area contributed by atoms with Crippen molar-refractivity contribution in [1.29, 1.82) is 0 Å². The third kappa shape index (κ3) is 2.54. The van der Waals surface area contributed by atoms with E-state index in [1.165, 1.54) is 23.9 Å². The smallest absolute Gasteiger partial charge is 0.231 e. The van der Waals surface area contributed by atoms with Gasteiger partial charge in [0, 0.05) is 0 Å². The number of benzene rings is 1. The first-order valence-electron chi connectivity index (χ1n) is 6.74. The van der Waals surface area contributed by atoms with Crippen molar-refractivity contribution in [1.82, 2.24) is 4.98 Å². The highest BCUT2D eigenvalue weighted by Crippen LogP contribution is 2.32. The summed E-state index contributed by atoms with van der Waals surface area (Å²) in [4.78, 5) is 15.9. The summed E-state index contributed by atoms with van der Waals surface area (Å²) in [5.41, 5.74) is 2.88. The van der Waals surface area contributed by atoms with Gasteiger partial charge in [0.25, 0.3) is 0 Å². The highest BCUT2D eigenvalue weighted by Gasteiger charge is 2.26. The number of amides is 1. The summed E-state index contributed by atoms with van der Waals surface area (Å²) in [7, 11) is 0. The molecule has 1 N–H and O–H groups in total. The Balaban J connectivity index is 1.80. The molecule has 0 saturated carbocycles. The molecule has 3 nitrogen and oxygen atoms in total. The molecule has 102 valence electrons. The Bertz CT molecular complexity index is 625. The second-order valence-corrected chi connectivity index (χ2v) is 5.00. The van der Waals surface area contributed by atoms with Crippen molar-refractivity contribution in [2.45, 2.75) is 25.2 Å². The van der Waals surface area contributed by atoms with Gasteiger partial charge in [-0.3, -0.25) is 4.79 Å². The molecule has 1 unspecified atom stereocenters. The van der Waals surface area contributed by atoms with Gasteiger partial charge in [-0.15, -0.1) is 0 Å². The summed E-state index contributed by atoms with van der Waals surface area (Å²) in [6.45, 7) is 0. The SMILES string of the molecule is O=C(Nc1ccc(F)nc1)C1CCCc2ccccc21. The lowest BCUT2D eigenvalue weighted by Gasteiger charge is -2.24. The van der Waals surface area contributed by atoms with E-state index in [2.05, 4.69) is 16.4 Å². The summed E-state index contributed by atoms with van der Waals surface area (Å²) in [5.74, 6) is -0.735. The summed E-state index contributed by atoms with van der Waals surface area (Å²) >= 11 is 0. The fourth-order valence-electron chi connectivity index (χ4n) is 2.71. The Morgan fingerprint density at radius 3 is 2.90 bits per heavy atom. The van der Waals surface area contributed by atoms with E-state index in [4.69, 9.17) is 0 Å². The first-order valence-corrected chi connectivity index (χ1v) is 6.74. The van der Waals surface area contributed by atoms with E-state index in [9.17, 15) is 9.18 Å². The van der Waals surface area contributed by atoms with Crippen LogP contribution >= 0.6 is 0 Å². The number of pyridine rings is 1. The molecule has 0 saturated heterocycles. The van der Waals surface area contributed by atoms with Crippen LogP contribution in [-0.2, 0) is 11.2 Å². The predicted octanol–water partition coefficient (Wildman–Crippen LogP) is 3.28. The van der Waals surface area contributed by atoms with Crippen LogP contribution in [0.4, 0.5) is 10.1 Å². The van der Waals surface area contributed by atoms with E-state index in [1.54, 1.807) is 0 Å². The van der Waals surface area contributed by atoms with E-state index >= 15 is 0 Å². The molecular weight excluding hydrogens is 255 g/mol. The lowest BCUT2D eigenvalue weighted by molar-refractivity contribution is -0.117. The molecule has 1 aliphatic rings. The van der Waals surface area contributed by atoms with Gasteiger partial charge >= 0.3 is 0 Å². The number of carbonyl (C=O) groups excluding carboxylic acids is 1. The van der Waals surface area contributed by atoms with Gasteiger partial charge in [0.05, 0.1) is 17.8 Å². The maximum absolute atomic E-state index is 12.8. The fraction of sp³-hybridized carbons (Fsp3) is 0.250. The van der Waals surface area contributed by atoms with Crippen LogP contribution in [0.15, 0.2) is 42.6 Å². The molecule has 1 atom stereocenters. The van der Waals surface area contributed by atoms with E-state index < -0.39 is 5.95 Å². The molecule has 20 heavy (non-hydrogen) atoms. The molecule has 1 aromatic carbocycles. The van der Waals surface area contributed by atoms with E-state index in [1.807, 2.05) is 18.2 Å². The van der Waals surface area contributed by atoms with Crippen LogP contribution in [0.1, 0.15) is 29.9 Å². The highest BCUT2D eigenvalue weighted by atomic mass is 19.1. The van der Waals surface area contributed by atoms with Crippen LogP contribution in [0, 0.1) is 5.95 Å². The summed E-state index contributed by atoms with van der Waals surface area (Å²) < 4.78 is 12.8. The largest absolute Gasteiger partial charge is 0.324 e. The maximum atomic E-state index is 12.8. The zero-order valence-corrected chi connectivity index (χ0v) is 11.0. The average Bonchev–Trinajstić information content (AvgIpc) is 2.49. The van der Waals surface area contributed by atoms with Crippen molar-refractivity contribution in [3.8, 4) is 0 Å². The van der Waals surface area contributed by atoms with Crippen LogP contribution in [0.25, 0.3) is 0 Å². The fourth-order valence-corrected chi connectivity index (χ4v) is 2.71. The second-order valence-electron chi connectivity index (χ2n) is 5.00. The molecule has 4 heteroatoms. The number of aromatic nitrogens is 1. The molecule has 0 fully saturated rings. The standard InChI is InChI=1S/C16H15FN2O/c17-15-9-8-12(10-18-15)19-16(20)14-7-3-5-11-4-1-2-6-13(11)14/h1-2,4,6,8-10,14H,3,5,7H2,(H,19,20). The molecule has 0 aliphatic heterocycles. The monoisotopic (exact) mass is 270 g/mol. The number of nitrogens with one attached hydrogen (secondary N) is 1. The number of aryl methyl sites for hydroxylation is 1. The molecule has 0 radical (unpaired) electrons. The molecule has 1 aliphatic carbocycles. The third-order valence-corrected chi connectivity index (χ3v) is 3.68. The minimum Gasteiger partial charge on any atom is -0.324 e. The van der Waals surface area contributed by atoms with Crippen LogP contribution in [-0.4, -0.2) is 10.9 Å². The molecule has 1 aromatic heterocycles. The van der Waals surface area contributed by atoms with E-state index in [-0.39, 0.29) is 11.8 Å². The number of anilines is 1. The number of halogens is 1. The zero-order valence-electron chi connectivity index (χ0n) is 11.0. The van der Waals surface area contributed by atoms with Crippen molar-refractivity contribution >= 4 is 11.6 Å². The Morgan fingerprint density at radius 1 is 1.25 bits per heavy atom. The maximum Gasteiger partial charge on any atom is 0.231 e. The lowest BCUT2D eigenvalue weighted by Crippen LogP contribution is -2.24. The summed E-state index contributed by atoms with van der Waals surface area (Å²) in [6, 6.07) is 10.8. The van der Waals surface area contributed by atoms with Crippen LogP contribution in [0.3, 0.4) is 0 Å². The Hall–Kier alpha value is -2.23. The van der Waals surface area contributed by atoms with Crippen molar-refractivity contribution in [2.24, 2.45) is 0 Å². The normalized spacial score (nSPS) is 17.4. The third-order valence-electron chi connectivity index (χ3n) is 3.68. The number of nitrogens with zero attached hydrogens (tertiary/aromatic N) is 1. The predicted molar refractivity (Wildman–Crippen MR) is 74.9 cm³/mol. The van der Waals surface area contributed by atoms with Gasteiger partial charge in [-0.25, -0.2) is 4.98 Å². The Labute approximate surface area is 116 Å². The van der Waals surface area contributed by atoms with Crippen molar-refractivity contribution in [3.05, 3.63) is 59.7 Å². The zero-order chi connectivity index (χ0) is 13.9. The van der Waals surface area contributed by atoms with Crippen LogP contribution < -0.4 is 5.32 Å². The molecule has 2 aromatic rings. The quantitative estimate of drug-likeness (QED) is 0.851. The molecule has 3 rings (SSSR count). The molecule has 0 spiro atoms. The number of hydrogen-bond acceptors (Lipinski definition) is 2. The lowest BCUT2D eigenvalue weighted by atomic mass is 9.82. The minimum atomic E-state index is -0.550. The summed E-state index contributed by atoms with van der Waals surface area (Å²) in [5, 5.41) is 2.81. The van der Waals surface area contributed by atoms with Gasteiger partial charge in [0.2, 0.25) is 11.9 Å². The minimum absolute atomic E-state index is 0.0504. The van der Waals surface area contributed by atoms with Crippen LogP contribution in [0.2, 0.25) is 0 Å². The number of carbonyl (C=O) groups is 1. The number of fused-ring (bicyclic) bond motifs is 1. The van der Waals surface area contributed by atoms with Crippen LogP contribution in [0.5, 0.6) is 0 Å². The molecule has 1 heterocycles. The molecule has 1 amide bonds. The van der Waals surface area contributed by atoms with Gasteiger partial charge < -0.3 is 5.32 Å². The first kappa shape index (κ1) is 12.8. The second kappa shape index (κ2) is 5.41. The Morgan fingerprint density at radius 2 is 2.10 bits per heavy atom. The number of hydrogen-bond donors (Lipinski definition) is 1. The summed E-state index contributed by atoms with van der Waals surface area (Å²) in [6.07, 6.45) is 4.22. The average molecular weight is 270 g/mol. The highest BCUT2D eigenvalue weighted by molar-refractivity contribution is 5.96.